The van der Waals surface area contributed by atoms with Crippen LogP contribution < -0.4 is 0 Å². The molecule has 112 valence electrons. The van der Waals surface area contributed by atoms with Crippen LogP contribution in [0.5, 0.6) is 0 Å². The topological polar surface area (TPSA) is 39.2 Å². The maximum Gasteiger partial charge on any atom is 0.192 e. The summed E-state index contributed by atoms with van der Waals surface area (Å²) < 4.78 is 6.34. The first-order valence-electron chi connectivity index (χ1n) is 6.81. The van der Waals surface area contributed by atoms with Gasteiger partial charge in [-0.25, -0.2) is 0 Å². The van der Waals surface area contributed by atoms with Crippen LogP contribution in [-0.4, -0.2) is 24.4 Å². The van der Waals surface area contributed by atoms with E-state index < -0.39 is 8.32 Å². The molecular formula is C15H24BrNO2Si. The molecule has 1 aromatic heterocycles. The average molecular weight is 358 g/mol. The van der Waals surface area contributed by atoms with Crippen LogP contribution in [0.1, 0.15) is 49.9 Å². The van der Waals surface area contributed by atoms with Crippen molar-refractivity contribution in [3.05, 3.63) is 29.6 Å². The molecule has 1 atom stereocenters. The van der Waals surface area contributed by atoms with Gasteiger partial charge in [0.15, 0.2) is 14.1 Å². The number of pyridine rings is 1. The van der Waals surface area contributed by atoms with Crippen molar-refractivity contribution < 1.29 is 9.22 Å². The van der Waals surface area contributed by atoms with Crippen molar-refractivity contribution in [3.8, 4) is 0 Å². The average Bonchev–Trinajstić information content (AvgIpc) is 2.36. The van der Waals surface area contributed by atoms with E-state index in [-0.39, 0.29) is 16.9 Å². The first kappa shape index (κ1) is 17.5. The first-order valence-corrected chi connectivity index (χ1v) is 10.8. The highest BCUT2D eigenvalue weighted by atomic mass is 79.9. The normalized spacial score (nSPS) is 14.2. The van der Waals surface area contributed by atoms with E-state index in [4.69, 9.17) is 4.43 Å². The Hall–Kier alpha value is -0.523. The van der Waals surface area contributed by atoms with E-state index in [1.807, 2.05) is 19.1 Å². The minimum absolute atomic E-state index is 0.00798. The highest BCUT2D eigenvalue weighted by Gasteiger charge is 2.38. The van der Waals surface area contributed by atoms with Gasteiger partial charge in [0, 0.05) is 6.20 Å². The Morgan fingerprint density at radius 1 is 1.45 bits per heavy atom. The van der Waals surface area contributed by atoms with Gasteiger partial charge in [0.05, 0.1) is 11.4 Å². The van der Waals surface area contributed by atoms with Crippen LogP contribution in [0.3, 0.4) is 0 Å². The summed E-state index contributed by atoms with van der Waals surface area (Å²) >= 11 is 3.17. The second-order valence-electron chi connectivity index (χ2n) is 6.55. The zero-order valence-corrected chi connectivity index (χ0v) is 15.7. The minimum atomic E-state index is -1.82. The molecule has 0 bridgehead atoms. The molecule has 0 spiro atoms. The van der Waals surface area contributed by atoms with E-state index in [2.05, 4.69) is 54.8 Å². The number of Topliss-reactive ketones (excluding diaryl/α,β-unsaturated/α-hetero) is 1. The van der Waals surface area contributed by atoms with E-state index in [0.29, 0.717) is 11.0 Å². The quantitative estimate of drug-likeness (QED) is 0.433. The van der Waals surface area contributed by atoms with Gasteiger partial charge in [-0.2, -0.15) is 0 Å². The van der Waals surface area contributed by atoms with Crippen LogP contribution in [0.15, 0.2) is 18.3 Å². The molecular weight excluding hydrogens is 334 g/mol. The fraction of sp³-hybridized carbons (Fsp3) is 0.600. The minimum Gasteiger partial charge on any atom is -0.410 e. The van der Waals surface area contributed by atoms with Crippen LogP contribution in [-0.2, 0) is 4.43 Å². The van der Waals surface area contributed by atoms with Gasteiger partial charge < -0.3 is 4.43 Å². The van der Waals surface area contributed by atoms with Gasteiger partial charge >= 0.3 is 0 Å². The van der Waals surface area contributed by atoms with Crippen LogP contribution in [0.25, 0.3) is 0 Å². The number of aromatic nitrogens is 1. The van der Waals surface area contributed by atoms with Crippen LogP contribution in [0.2, 0.25) is 18.1 Å². The number of halogens is 1. The number of carbonyl (C=O) groups is 1. The van der Waals surface area contributed by atoms with Gasteiger partial charge in [0.1, 0.15) is 5.69 Å². The second-order valence-corrected chi connectivity index (χ2v) is 11.9. The summed E-state index contributed by atoms with van der Waals surface area (Å²) in [5.74, 6) is -0.00798. The number of nitrogens with zero attached hydrogens (tertiary/aromatic N) is 1. The SMILES string of the molecule is CC(O[Si](C)(C)C(C)(C)C)c1ccnc(C(=O)CBr)c1. The zero-order valence-electron chi connectivity index (χ0n) is 13.2. The first-order chi connectivity index (χ1) is 9.08. The molecule has 0 saturated heterocycles. The fourth-order valence-corrected chi connectivity index (χ4v) is 3.27. The summed E-state index contributed by atoms with van der Waals surface area (Å²) in [5.41, 5.74) is 1.50. The molecule has 0 aliphatic heterocycles. The molecule has 0 saturated carbocycles. The maximum atomic E-state index is 11.7. The molecule has 1 heterocycles. The Balaban J connectivity index is 2.93. The zero-order chi connectivity index (χ0) is 15.6. The summed E-state index contributed by atoms with van der Waals surface area (Å²) in [4.78, 5) is 15.8. The third-order valence-electron chi connectivity index (χ3n) is 3.94. The van der Waals surface area contributed by atoms with Gasteiger partial charge in [-0.3, -0.25) is 9.78 Å². The lowest BCUT2D eigenvalue weighted by Gasteiger charge is -2.38. The van der Waals surface area contributed by atoms with E-state index in [9.17, 15) is 4.79 Å². The number of hydrogen-bond donors (Lipinski definition) is 0. The molecule has 1 unspecified atom stereocenters. The largest absolute Gasteiger partial charge is 0.410 e. The van der Waals surface area contributed by atoms with Gasteiger partial charge in [-0.1, -0.05) is 36.7 Å². The molecule has 3 nitrogen and oxygen atoms in total. The number of hydrogen-bond acceptors (Lipinski definition) is 3. The number of alkyl halides is 1. The Morgan fingerprint density at radius 2 is 2.05 bits per heavy atom. The molecule has 0 N–H and O–H groups in total. The standard InChI is InChI=1S/C15H24BrNO2Si/c1-11(19-20(5,6)15(2,3)4)12-7-8-17-13(9-12)14(18)10-16/h7-9,11H,10H2,1-6H3. The van der Waals surface area contributed by atoms with Crippen molar-refractivity contribution in [3.63, 3.8) is 0 Å². The van der Waals surface area contributed by atoms with E-state index in [1.165, 1.54) is 0 Å². The van der Waals surface area contributed by atoms with E-state index in [1.54, 1.807) is 6.20 Å². The maximum absolute atomic E-state index is 11.7. The van der Waals surface area contributed by atoms with Crippen LogP contribution >= 0.6 is 15.9 Å². The van der Waals surface area contributed by atoms with Crippen LogP contribution in [0.4, 0.5) is 0 Å². The predicted octanol–water partition coefficient (Wildman–Crippen LogP) is 4.74. The lowest BCUT2D eigenvalue weighted by atomic mass is 10.1. The van der Waals surface area contributed by atoms with Crippen molar-refractivity contribution in [1.82, 2.24) is 4.98 Å². The number of carbonyl (C=O) groups excluding carboxylic acids is 1. The molecule has 1 aromatic rings. The molecule has 0 radical (unpaired) electrons. The Kier molecular flexibility index (Phi) is 5.69. The van der Waals surface area contributed by atoms with Gasteiger partial charge in [-0.05, 0) is 42.8 Å². The number of rotatable bonds is 5. The van der Waals surface area contributed by atoms with Gasteiger partial charge in [-0.15, -0.1) is 0 Å². The van der Waals surface area contributed by atoms with Crippen molar-refractivity contribution in [2.75, 3.05) is 5.33 Å². The summed E-state index contributed by atoms with van der Waals surface area (Å²) in [6.45, 7) is 13.2. The molecule has 20 heavy (non-hydrogen) atoms. The van der Waals surface area contributed by atoms with Crippen molar-refractivity contribution in [2.24, 2.45) is 0 Å². The fourth-order valence-electron chi connectivity index (χ4n) is 1.61. The Labute approximate surface area is 131 Å². The molecule has 1 rings (SSSR count). The molecule has 0 aliphatic carbocycles. The third-order valence-corrected chi connectivity index (χ3v) is 9.00. The lowest BCUT2D eigenvalue weighted by molar-refractivity contribution is 0.101. The monoisotopic (exact) mass is 357 g/mol. The summed E-state index contributed by atoms with van der Waals surface area (Å²) in [6.07, 6.45) is 1.65. The predicted molar refractivity (Wildman–Crippen MR) is 89.1 cm³/mol. The van der Waals surface area contributed by atoms with E-state index >= 15 is 0 Å². The molecule has 0 amide bonds. The van der Waals surface area contributed by atoms with Crippen molar-refractivity contribution in [2.45, 2.75) is 51.9 Å². The number of ketones is 1. The van der Waals surface area contributed by atoms with Gasteiger partial charge in [0.25, 0.3) is 0 Å². The van der Waals surface area contributed by atoms with Crippen LogP contribution in [0, 0.1) is 0 Å². The summed E-state index contributed by atoms with van der Waals surface area (Å²) in [6, 6.07) is 3.75. The summed E-state index contributed by atoms with van der Waals surface area (Å²) in [5, 5.41) is 0.462. The molecule has 5 heteroatoms. The highest BCUT2D eigenvalue weighted by Crippen LogP contribution is 2.39. The second kappa shape index (κ2) is 6.50. The highest BCUT2D eigenvalue weighted by molar-refractivity contribution is 9.09. The lowest BCUT2D eigenvalue weighted by Crippen LogP contribution is -2.41. The van der Waals surface area contributed by atoms with Gasteiger partial charge in [0.2, 0.25) is 0 Å². The van der Waals surface area contributed by atoms with Crippen molar-refractivity contribution in [1.29, 1.82) is 0 Å². The summed E-state index contributed by atoms with van der Waals surface area (Å²) in [7, 11) is -1.82. The smallest absolute Gasteiger partial charge is 0.192 e. The van der Waals surface area contributed by atoms with Crippen molar-refractivity contribution >= 4 is 30.0 Å². The molecule has 0 aliphatic rings. The Bertz CT molecular complexity index is 483. The third kappa shape index (κ3) is 4.23. The van der Waals surface area contributed by atoms with E-state index in [0.717, 1.165) is 5.56 Å². The molecule has 0 fully saturated rings. The molecule has 0 aromatic carbocycles. The Morgan fingerprint density at radius 3 is 2.55 bits per heavy atom.